The minimum absolute atomic E-state index is 0. The zero-order chi connectivity index (χ0) is 15.1. The summed E-state index contributed by atoms with van der Waals surface area (Å²) in [6.45, 7) is 10.6. The third-order valence-electron chi connectivity index (χ3n) is 5.03. The van der Waals surface area contributed by atoms with E-state index in [1.165, 1.54) is 63.8 Å². The molecule has 22 heavy (non-hydrogen) atoms. The van der Waals surface area contributed by atoms with E-state index >= 15 is 0 Å². The number of nitrogens with zero attached hydrogens (tertiary/aromatic N) is 2. The highest BCUT2D eigenvalue weighted by atomic mass is 35.5. The van der Waals surface area contributed by atoms with Gasteiger partial charge in [0.1, 0.15) is 0 Å². The lowest BCUT2D eigenvalue weighted by Crippen LogP contribution is -3.00. The van der Waals surface area contributed by atoms with E-state index < -0.39 is 0 Å². The van der Waals surface area contributed by atoms with Crippen molar-refractivity contribution in [3.63, 3.8) is 0 Å². The Morgan fingerprint density at radius 2 is 1.82 bits per heavy atom. The van der Waals surface area contributed by atoms with Crippen LogP contribution < -0.4 is 21.9 Å². The van der Waals surface area contributed by atoms with Crippen LogP contribution in [0.4, 0.5) is 5.69 Å². The molecule has 0 spiro atoms. The highest BCUT2D eigenvalue weighted by Crippen LogP contribution is 2.22. The van der Waals surface area contributed by atoms with Gasteiger partial charge in [-0.05, 0) is 31.6 Å². The van der Waals surface area contributed by atoms with Gasteiger partial charge in [0.2, 0.25) is 0 Å². The van der Waals surface area contributed by atoms with Gasteiger partial charge in [0, 0.05) is 36.8 Å². The molecule has 1 fully saturated rings. The standard InChI is InChI=1S/C19H33N2.ClH/c1-4-6-7-18(5-2)16-20-12-10-19(11-13-20)21-14-8-17(3)9-15-21;/h10-13,17-18H,4-9,14-16H2,1-3H3;1H/q+1;/p-1. The van der Waals surface area contributed by atoms with Crippen LogP contribution in [0.2, 0.25) is 0 Å². The predicted octanol–water partition coefficient (Wildman–Crippen LogP) is 1.43. The minimum Gasteiger partial charge on any atom is -1.00 e. The molecular weight excluding hydrogens is 292 g/mol. The molecule has 0 saturated carbocycles. The Balaban J connectivity index is 0.00000242. The van der Waals surface area contributed by atoms with E-state index in [0.717, 1.165) is 11.8 Å². The van der Waals surface area contributed by atoms with E-state index in [2.05, 4.69) is 54.8 Å². The highest BCUT2D eigenvalue weighted by Gasteiger charge is 2.17. The maximum Gasteiger partial charge on any atom is 0.170 e. The smallest absolute Gasteiger partial charge is 0.170 e. The number of anilines is 1. The lowest BCUT2D eigenvalue weighted by Gasteiger charge is -2.31. The summed E-state index contributed by atoms with van der Waals surface area (Å²) in [4.78, 5) is 2.54. The van der Waals surface area contributed by atoms with Crippen LogP contribution in [0, 0.1) is 11.8 Å². The number of halogens is 1. The molecule has 1 saturated heterocycles. The summed E-state index contributed by atoms with van der Waals surface area (Å²) < 4.78 is 2.37. The van der Waals surface area contributed by atoms with Gasteiger partial charge in [0.05, 0.1) is 0 Å². The second-order valence-electron chi connectivity index (χ2n) is 6.84. The van der Waals surface area contributed by atoms with Gasteiger partial charge in [-0.15, -0.1) is 0 Å². The molecule has 0 aromatic carbocycles. The zero-order valence-electron chi connectivity index (χ0n) is 14.6. The molecule has 2 rings (SSSR count). The van der Waals surface area contributed by atoms with Crippen molar-refractivity contribution in [1.29, 1.82) is 0 Å². The molecule has 1 aromatic heterocycles. The van der Waals surface area contributed by atoms with E-state index in [1.807, 2.05) is 0 Å². The molecule has 2 nitrogen and oxygen atoms in total. The van der Waals surface area contributed by atoms with Crippen molar-refractivity contribution >= 4 is 5.69 Å². The van der Waals surface area contributed by atoms with E-state index in [1.54, 1.807) is 0 Å². The molecule has 1 aliphatic heterocycles. The monoisotopic (exact) mass is 324 g/mol. The van der Waals surface area contributed by atoms with Gasteiger partial charge in [-0.1, -0.05) is 33.6 Å². The minimum atomic E-state index is 0. The predicted molar refractivity (Wildman–Crippen MR) is 90.6 cm³/mol. The molecule has 3 heteroatoms. The Morgan fingerprint density at radius 1 is 1.18 bits per heavy atom. The number of hydrogen-bond acceptors (Lipinski definition) is 1. The molecule has 0 bridgehead atoms. The molecule has 2 heterocycles. The van der Waals surface area contributed by atoms with Gasteiger partial charge in [0.15, 0.2) is 18.9 Å². The third kappa shape index (κ3) is 5.79. The van der Waals surface area contributed by atoms with Gasteiger partial charge >= 0.3 is 0 Å². The molecule has 1 atom stereocenters. The largest absolute Gasteiger partial charge is 1.00 e. The molecule has 0 amide bonds. The van der Waals surface area contributed by atoms with E-state index in [9.17, 15) is 0 Å². The zero-order valence-corrected chi connectivity index (χ0v) is 15.4. The first kappa shape index (κ1) is 19.3. The second kappa shape index (κ2) is 10.1. The van der Waals surface area contributed by atoms with Crippen LogP contribution in [0.15, 0.2) is 24.5 Å². The number of rotatable bonds is 7. The van der Waals surface area contributed by atoms with Gasteiger partial charge in [-0.25, -0.2) is 4.57 Å². The van der Waals surface area contributed by atoms with E-state index in [-0.39, 0.29) is 12.4 Å². The van der Waals surface area contributed by atoms with Crippen molar-refractivity contribution < 1.29 is 17.0 Å². The first-order valence-corrected chi connectivity index (χ1v) is 8.97. The maximum atomic E-state index is 2.54. The van der Waals surface area contributed by atoms with Gasteiger partial charge in [-0.2, -0.15) is 0 Å². The number of hydrogen-bond donors (Lipinski definition) is 0. The first-order valence-electron chi connectivity index (χ1n) is 8.97. The fourth-order valence-electron chi connectivity index (χ4n) is 3.26. The Bertz CT molecular complexity index is 396. The summed E-state index contributed by atoms with van der Waals surface area (Å²) in [6.07, 6.45) is 12.6. The van der Waals surface area contributed by atoms with Crippen molar-refractivity contribution in [3.8, 4) is 0 Å². The van der Waals surface area contributed by atoms with E-state index in [0.29, 0.717) is 0 Å². The van der Waals surface area contributed by atoms with Gasteiger partial charge in [-0.3, -0.25) is 0 Å². The number of aromatic nitrogens is 1. The molecule has 1 aromatic rings. The molecule has 1 aliphatic rings. The van der Waals surface area contributed by atoms with Crippen molar-refractivity contribution in [1.82, 2.24) is 0 Å². The van der Waals surface area contributed by atoms with Crippen LogP contribution in [0.3, 0.4) is 0 Å². The molecule has 0 radical (unpaired) electrons. The lowest BCUT2D eigenvalue weighted by atomic mass is 9.98. The molecule has 126 valence electrons. The van der Waals surface area contributed by atoms with Crippen LogP contribution >= 0.6 is 0 Å². The molecule has 0 N–H and O–H groups in total. The maximum absolute atomic E-state index is 2.54. The Kier molecular flexibility index (Phi) is 8.85. The topological polar surface area (TPSA) is 7.12 Å². The first-order chi connectivity index (χ1) is 10.2. The van der Waals surface area contributed by atoms with Crippen molar-refractivity contribution in [2.45, 2.75) is 65.8 Å². The fraction of sp³-hybridized carbons (Fsp3) is 0.737. The van der Waals surface area contributed by atoms with Crippen LogP contribution in [0.5, 0.6) is 0 Å². The lowest BCUT2D eigenvalue weighted by molar-refractivity contribution is -0.703. The van der Waals surface area contributed by atoms with Gasteiger partial charge < -0.3 is 17.3 Å². The Hall–Kier alpha value is -0.760. The van der Waals surface area contributed by atoms with Crippen LogP contribution in [-0.4, -0.2) is 13.1 Å². The molecular formula is C19H33ClN2. The number of piperidine rings is 1. The number of pyridine rings is 1. The molecule has 0 aliphatic carbocycles. The van der Waals surface area contributed by atoms with Crippen molar-refractivity contribution in [2.24, 2.45) is 11.8 Å². The van der Waals surface area contributed by atoms with Crippen LogP contribution in [0.1, 0.15) is 59.3 Å². The summed E-state index contributed by atoms with van der Waals surface area (Å²) in [5.74, 6) is 1.73. The third-order valence-corrected chi connectivity index (χ3v) is 5.03. The quantitative estimate of drug-likeness (QED) is 0.688. The summed E-state index contributed by atoms with van der Waals surface area (Å²) >= 11 is 0. The SMILES string of the molecule is CCCCC(CC)C[n+]1ccc(N2CCC(C)CC2)cc1.[Cl-]. The Morgan fingerprint density at radius 3 is 2.36 bits per heavy atom. The van der Waals surface area contributed by atoms with Crippen molar-refractivity contribution in [3.05, 3.63) is 24.5 Å². The molecule has 1 unspecified atom stereocenters. The normalized spacial score (nSPS) is 17.1. The second-order valence-corrected chi connectivity index (χ2v) is 6.84. The van der Waals surface area contributed by atoms with Crippen LogP contribution in [0.25, 0.3) is 0 Å². The summed E-state index contributed by atoms with van der Waals surface area (Å²) in [5.41, 5.74) is 1.40. The summed E-state index contributed by atoms with van der Waals surface area (Å²) in [6, 6.07) is 4.62. The Labute approximate surface area is 143 Å². The number of unbranched alkanes of at least 4 members (excludes halogenated alkanes) is 1. The summed E-state index contributed by atoms with van der Waals surface area (Å²) in [5, 5.41) is 0. The average Bonchev–Trinajstić information content (AvgIpc) is 2.53. The average molecular weight is 325 g/mol. The summed E-state index contributed by atoms with van der Waals surface area (Å²) in [7, 11) is 0. The highest BCUT2D eigenvalue weighted by molar-refractivity contribution is 5.43. The van der Waals surface area contributed by atoms with Crippen molar-refractivity contribution in [2.75, 3.05) is 18.0 Å². The van der Waals surface area contributed by atoms with Gasteiger partial charge in [0.25, 0.3) is 0 Å². The van der Waals surface area contributed by atoms with E-state index in [4.69, 9.17) is 0 Å². The van der Waals surface area contributed by atoms with Crippen LogP contribution in [-0.2, 0) is 6.54 Å². The fourth-order valence-corrected chi connectivity index (χ4v) is 3.26.